The van der Waals surface area contributed by atoms with E-state index >= 15 is 0 Å². The molecule has 0 aliphatic carbocycles. The molecular weight excluding hydrogens is 96.0 g/mol. The molecule has 0 aromatic rings. The number of aliphatic hydroxyl groups is 1. The molecule has 0 saturated carbocycles. The summed E-state index contributed by atoms with van der Waals surface area (Å²) in [4.78, 5) is 10.1. The Balaban J connectivity index is 2.40. The Labute approximate surface area is 40.9 Å². The van der Waals surface area contributed by atoms with Crippen molar-refractivity contribution in [3.63, 3.8) is 0 Å². The summed E-state index contributed by atoms with van der Waals surface area (Å²) in [5.74, 6) is -0.299. The van der Waals surface area contributed by atoms with Gasteiger partial charge in [0.15, 0.2) is 0 Å². The molecule has 0 bridgehead atoms. The largest absolute Gasteiger partial charge is 0.463 e. The normalized spacial score (nSPS) is 30.4. The van der Waals surface area contributed by atoms with Crippen molar-refractivity contribution in [1.29, 1.82) is 0 Å². The molecule has 0 radical (unpaired) electrons. The van der Waals surface area contributed by atoms with Crippen molar-refractivity contribution in [1.82, 2.24) is 0 Å². The van der Waals surface area contributed by atoms with Gasteiger partial charge < -0.3 is 9.84 Å². The molecule has 3 heteroatoms. The predicted octanol–water partition coefficient (Wildman–Crippen LogP) is -0.706. The molecule has 0 aromatic carbocycles. The summed E-state index contributed by atoms with van der Waals surface area (Å²) in [5, 5.41) is 8.55. The Bertz CT molecular complexity index is 88.9. The Morgan fingerprint density at radius 3 is 2.71 bits per heavy atom. The van der Waals surface area contributed by atoms with E-state index in [0.717, 1.165) is 0 Å². The molecule has 1 unspecified atom stereocenters. The monoisotopic (exact) mass is 102 g/mol. The van der Waals surface area contributed by atoms with Crippen molar-refractivity contribution in [2.45, 2.75) is 12.5 Å². The van der Waals surface area contributed by atoms with Gasteiger partial charge in [0, 0.05) is 0 Å². The number of cyclic esters (lactones) is 1. The van der Waals surface area contributed by atoms with Gasteiger partial charge in [-0.1, -0.05) is 0 Å². The minimum atomic E-state index is -0.549. The van der Waals surface area contributed by atoms with Gasteiger partial charge in [-0.25, -0.2) is 0 Å². The maximum absolute atomic E-state index is 10.1. The molecule has 1 aliphatic heterocycles. The number of carbonyl (C=O) groups is 1. The van der Waals surface area contributed by atoms with Gasteiger partial charge in [-0.3, -0.25) is 4.79 Å². The third kappa shape index (κ3) is 0.899. The number of carbonyl (C=O) groups excluding carboxylic acids is 1. The summed E-state index contributed by atoms with van der Waals surface area (Å²) >= 11 is 0. The molecular formula is C4H6O3. The first kappa shape index (κ1) is 4.59. The predicted molar refractivity (Wildman–Crippen MR) is 21.6 cm³/mol. The van der Waals surface area contributed by atoms with Gasteiger partial charge in [-0.15, -0.1) is 0 Å². The number of rotatable bonds is 0. The highest BCUT2D eigenvalue weighted by atomic mass is 16.6. The lowest BCUT2D eigenvalue weighted by atomic mass is 10.3. The van der Waals surface area contributed by atoms with Crippen LogP contribution >= 0.6 is 0 Å². The van der Waals surface area contributed by atoms with Gasteiger partial charge in [0.1, 0.15) is 6.61 Å². The second-order valence-electron chi connectivity index (χ2n) is 1.54. The standard InChI is InChI=1S/C4H6O3/c5-3-1-4(6)7-2-3/h3,5H,1-2H2. The van der Waals surface area contributed by atoms with Crippen LogP contribution in [0.25, 0.3) is 0 Å². The van der Waals surface area contributed by atoms with Gasteiger partial charge in [0.05, 0.1) is 12.5 Å². The van der Waals surface area contributed by atoms with Crippen molar-refractivity contribution in [3.8, 4) is 0 Å². The van der Waals surface area contributed by atoms with Crippen LogP contribution in [0.15, 0.2) is 0 Å². The van der Waals surface area contributed by atoms with Crippen molar-refractivity contribution in [2.24, 2.45) is 0 Å². The van der Waals surface area contributed by atoms with E-state index in [1.807, 2.05) is 0 Å². The SMILES string of the molecule is O=C1CC(O)CO1. The fourth-order valence-corrected chi connectivity index (χ4v) is 0.499. The molecule has 1 saturated heterocycles. The fraction of sp³-hybridized carbons (Fsp3) is 0.750. The first-order valence-electron chi connectivity index (χ1n) is 2.13. The highest BCUT2D eigenvalue weighted by Gasteiger charge is 2.20. The number of aliphatic hydroxyl groups excluding tert-OH is 1. The quantitative estimate of drug-likeness (QED) is 0.411. The third-order valence-electron chi connectivity index (χ3n) is 0.839. The van der Waals surface area contributed by atoms with Crippen LogP contribution in [0.2, 0.25) is 0 Å². The Kier molecular flexibility index (Phi) is 0.982. The molecule has 7 heavy (non-hydrogen) atoms. The summed E-state index contributed by atoms with van der Waals surface area (Å²) in [7, 11) is 0. The van der Waals surface area contributed by atoms with Crippen molar-refractivity contribution >= 4 is 5.97 Å². The van der Waals surface area contributed by atoms with Crippen molar-refractivity contribution < 1.29 is 14.6 Å². The lowest BCUT2D eigenvalue weighted by Gasteiger charge is -1.87. The summed E-state index contributed by atoms with van der Waals surface area (Å²) < 4.78 is 4.38. The number of hydrogen-bond acceptors (Lipinski definition) is 3. The molecule has 1 heterocycles. The molecule has 1 rings (SSSR count). The maximum atomic E-state index is 10.1. The van der Waals surface area contributed by atoms with Crippen LogP contribution in [0.4, 0.5) is 0 Å². The molecule has 40 valence electrons. The first-order chi connectivity index (χ1) is 3.29. The Morgan fingerprint density at radius 2 is 2.57 bits per heavy atom. The van der Waals surface area contributed by atoms with Gasteiger partial charge in [0.25, 0.3) is 0 Å². The molecule has 0 aromatic heterocycles. The molecule has 1 atom stereocenters. The minimum Gasteiger partial charge on any atom is -0.463 e. The highest BCUT2D eigenvalue weighted by molar-refractivity contribution is 5.71. The van der Waals surface area contributed by atoms with E-state index in [1.165, 1.54) is 0 Å². The molecule has 0 amide bonds. The van der Waals surface area contributed by atoms with Crippen LogP contribution in [0, 0.1) is 0 Å². The Morgan fingerprint density at radius 1 is 1.86 bits per heavy atom. The van der Waals surface area contributed by atoms with Gasteiger partial charge in [-0.05, 0) is 0 Å². The van der Waals surface area contributed by atoms with Crippen LogP contribution in [0.5, 0.6) is 0 Å². The molecule has 1 N–H and O–H groups in total. The van der Waals surface area contributed by atoms with E-state index in [-0.39, 0.29) is 19.0 Å². The van der Waals surface area contributed by atoms with E-state index in [0.29, 0.717) is 0 Å². The number of esters is 1. The zero-order valence-electron chi connectivity index (χ0n) is 3.76. The average molecular weight is 102 g/mol. The zero-order chi connectivity index (χ0) is 5.28. The first-order valence-corrected chi connectivity index (χ1v) is 2.13. The van der Waals surface area contributed by atoms with E-state index in [9.17, 15) is 4.79 Å². The lowest BCUT2D eigenvalue weighted by Crippen LogP contribution is -2.02. The molecule has 0 spiro atoms. The smallest absolute Gasteiger partial charge is 0.308 e. The van der Waals surface area contributed by atoms with Gasteiger partial charge >= 0.3 is 5.97 Å². The minimum absolute atomic E-state index is 0.167. The van der Waals surface area contributed by atoms with Crippen molar-refractivity contribution in [3.05, 3.63) is 0 Å². The molecule has 3 nitrogen and oxygen atoms in total. The molecule has 1 aliphatic rings. The number of ether oxygens (including phenoxy) is 1. The summed E-state index contributed by atoms with van der Waals surface area (Å²) in [6, 6.07) is 0. The van der Waals surface area contributed by atoms with E-state index in [1.54, 1.807) is 0 Å². The lowest BCUT2D eigenvalue weighted by molar-refractivity contribution is -0.137. The summed E-state index contributed by atoms with van der Waals surface area (Å²) in [5.41, 5.74) is 0. The second kappa shape index (κ2) is 1.50. The van der Waals surface area contributed by atoms with Gasteiger partial charge in [0.2, 0.25) is 0 Å². The summed E-state index contributed by atoms with van der Waals surface area (Å²) in [6.07, 6.45) is -0.382. The topological polar surface area (TPSA) is 46.5 Å². The average Bonchev–Trinajstić information content (AvgIpc) is 1.87. The zero-order valence-corrected chi connectivity index (χ0v) is 3.76. The second-order valence-corrected chi connectivity index (χ2v) is 1.54. The fourth-order valence-electron chi connectivity index (χ4n) is 0.499. The van der Waals surface area contributed by atoms with Crippen LogP contribution in [0.3, 0.4) is 0 Å². The van der Waals surface area contributed by atoms with E-state index in [4.69, 9.17) is 5.11 Å². The molecule has 1 fully saturated rings. The van der Waals surface area contributed by atoms with Crippen LogP contribution in [-0.2, 0) is 9.53 Å². The Hall–Kier alpha value is -0.570. The van der Waals surface area contributed by atoms with Crippen LogP contribution in [-0.4, -0.2) is 23.8 Å². The van der Waals surface area contributed by atoms with Gasteiger partial charge in [-0.2, -0.15) is 0 Å². The van der Waals surface area contributed by atoms with Crippen LogP contribution < -0.4 is 0 Å². The van der Waals surface area contributed by atoms with E-state index < -0.39 is 6.10 Å². The summed E-state index contributed by atoms with van der Waals surface area (Å²) in [6.45, 7) is 0.179. The van der Waals surface area contributed by atoms with Crippen LogP contribution in [0.1, 0.15) is 6.42 Å². The highest BCUT2D eigenvalue weighted by Crippen LogP contribution is 2.03. The van der Waals surface area contributed by atoms with E-state index in [2.05, 4.69) is 4.74 Å². The number of hydrogen-bond donors (Lipinski definition) is 1. The third-order valence-corrected chi connectivity index (χ3v) is 0.839. The van der Waals surface area contributed by atoms with Crippen molar-refractivity contribution in [2.75, 3.05) is 6.61 Å². The maximum Gasteiger partial charge on any atom is 0.308 e.